The highest BCUT2D eigenvalue weighted by atomic mass is 16.5. The Morgan fingerprint density at radius 1 is 0.500 bits per heavy atom. The Labute approximate surface area is 419 Å². The molecule has 0 saturated carbocycles. The summed E-state index contributed by atoms with van der Waals surface area (Å²) < 4.78 is 16.7. The van der Waals surface area contributed by atoms with Gasteiger partial charge in [-0.05, 0) is 148 Å². The van der Waals surface area contributed by atoms with Crippen LogP contribution in [0, 0.1) is 27.7 Å². The van der Waals surface area contributed by atoms with Crippen molar-refractivity contribution in [2.45, 2.75) is 53.6 Å². The van der Waals surface area contributed by atoms with Gasteiger partial charge < -0.3 is 34.4 Å². The van der Waals surface area contributed by atoms with E-state index in [1.54, 1.807) is 12.5 Å². The Balaban J connectivity index is 0.000000167. The molecular weight excluding hydrogens is 897 g/mol. The SMILES string of the molecule is CNc1ccc(-c2cccc([C@H](C)Nc3cc(-c4ccc5occ(C)c5c4)nc(C)n3)c2)cn1.Cc1nc(NC(C)c2cccc(-c3ccc(N4CCOCC4)nc3)c2)cc(-c2ccc3occ(C)c3c2)n1. The van der Waals surface area contributed by atoms with Gasteiger partial charge in [0.1, 0.15) is 46.1 Å². The van der Waals surface area contributed by atoms with Crippen LogP contribution >= 0.6 is 0 Å². The van der Waals surface area contributed by atoms with Gasteiger partial charge >= 0.3 is 0 Å². The van der Waals surface area contributed by atoms with Crippen LogP contribution in [0.3, 0.4) is 0 Å². The zero-order valence-electron chi connectivity index (χ0n) is 41.7. The average molecular weight is 955 g/mol. The number of nitrogens with one attached hydrogen (secondary N) is 3. The van der Waals surface area contributed by atoms with Crippen LogP contribution in [0.15, 0.2) is 155 Å². The topological polar surface area (TPSA) is 152 Å². The van der Waals surface area contributed by atoms with E-state index in [9.17, 15) is 0 Å². The van der Waals surface area contributed by atoms with Crippen LogP contribution in [0.2, 0.25) is 0 Å². The summed E-state index contributed by atoms with van der Waals surface area (Å²) in [7, 11) is 1.87. The fourth-order valence-electron chi connectivity index (χ4n) is 9.04. The monoisotopic (exact) mass is 954 g/mol. The first-order chi connectivity index (χ1) is 35.0. The Hall–Kier alpha value is -8.42. The maximum Gasteiger partial charge on any atom is 0.134 e. The second-order valence-corrected chi connectivity index (χ2v) is 18.3. The van der Waals surface area contributed by atoms with E-state index in [1.165, 1.54) is 11.1 Å². The van der Waals surface area contributed by atoms with E-state index in [4.69, 9.17) is 23.5 Å². The smallest absolute Gasteiger partial charge is 0.134 e. The van der Waals surface area contributed by atoms with Crippen molar-refractivity contribution in [3.63, 3.8) is 0 Å². The van der Waals surface area contributed by atoms with E-state index in [0.717, 1.165) is 139 Å². The van der Waals surface area contributed by atoms with Gasteiger partial charge in [0.05, 0.1) is 37.1 Å². The number of fused-ring (bicyclic) bond motifs is 2. The van der Waals surface area contributed by atoms with Crippen LogP contribution in [0.25, 0.3) is 66.7 Å². The first-order valence-corrected chi connectivity index (χ1v) is 24.4. The Kier molecular flexibility index (Phi) is 13.7. The second-order valence-electron chi connectivity index (χ2n) is 18.3. The number of hydrogen-bond donors (Lipinski definition) is 3. The molecule has 7 heterocycles. The molecule has 0 spiro atoms. The molecule has 1 fully saturated rings. The summed E-state index contributed by atoms with van der Waals surface area (Å²) in [6.45, 7) is 15.5. The van der Waals surface area contributed by atoms with E-state index in [2.05, 4.69) is 147 Å². The number of anilines is 4. The molecule has 1 saturated heterocycles. The standard InChI is InChI=1S/C31H31N5O2.C28H27N5O/c1-20-19-38-29-9-7-25(16-27(20)29)28-17-30(35-22(3)34-28)33-21(2)23-5-4-6-24(15-23)26-8-10-31(32-18-26)36-11-13-37-14-12-36;1-17-16-34-26-10-8-22(13-24(17)26)25-14-28(33-19(3)32-25)31-18(2)20-6-5-7-21(12-20)23-9-11-27(29-4)30-15-23/h4-10,15-19,21H,11-14H2,1-3H3,(H,33,34,35);5-16,18H,1-4H3,(H,29,30)(H,31,32,33)/t;18-/m.0/s1. The lowest BCUT2D eigenvalue weighted by Gasteiger charge is -2.27. The molecule has 13 nitrogen and oxygen atoms in total. The van der Waals surface area contributed by atoms with Crippen molar-refractivity contribution in [1.82, 2.24) is 29.9 Å². The van der Waals surface area contributed by atoms with E-state index in [0.29, 0.717) is 0 Å². The molecule has 6 aromatic heterocycles. The van der Waals surface area contributed by atoms with E-state index < -0.39 is 0 Å². The minimum absolute atomic E-state index is 0.0521. The molecule has 13 heteroatoms. The molecule has 0 bridgehead atoms. The van der Waals surface area contributed by atoms with Crippen molar-refractivity contribution >= 4 is 45.2 Å². The average Bonchev–Trinajstić information content (AvgIpc) is 3.98. The highest BCUT2D eigenvalue weighted by Gasteiger charge is 2.16. The van der Waals surface area contributed by atoms with Gasteiger partial charge in [-0.3, -0.25) is 0 Å². The van der Waals surface area contributed by atoms with Gasteiger partial charge in [-0.15, -0.1) is 0 Å². The van der Waals surface area contributed by atoms with Crippen molar-refractivity contribution in [3.8, 4) is 44.8 Å². The van der Waals surface area contributed by atoms with Gasteiger partial charge in [-0.25, -0.2) is 29.9 Å². The maximum absolute atomic E-state index is 5.61. The van der Waals surface area contributed by atoms with Gasteiger partial charge in [-0.2, -0.15) is 0 Å². The number of nitrogens with zero attached hydrogens (tertiary/aromatic N) is 7. The molecule has 0 aliphatic carbocycles. The van der Waals surface area contributed by atoms with Crippen LogP contribution in [0.1, 0.15) is 59.8 Å². The van der Waals surface area contributed by atoms with Gasteiger partial charge in [0.2, 0.25) is 0 Å². The van der Waals surface area contributed by atoms with Gasteiger partial charge in [0, 0.05) is 89.8 Å². The second kappa shape index (κ2) is 20.9. The molecule has 11 rings (SSSR count). The third-order valence-electron chi connectivity index (χ3n) is 13.1. The number of aromatic nitrogens is 6. The number of pyridine rings is 2. The van der Waals surface area contributed by atoms with Crippen LogP contribution in [0.4, 0.5) is 23.3 Å². The van der Waals surface area contributed by atoms with Crippen molar-refractivity contribution in [2.24, 2.45) is 0 Å². The Morgan fingerprint density at radius 2 is 1.00 bits per heavy atom. The number of aryl methyl sites for hydroxylation is 4. The van der Waals surface area contributed by atoms with Crippen LogP contribution in [-0.2, 0) is 4.74 Å². The molecule has 0 radical (unpaired) electrons. The van der Waals surface area contributed by atoms with E-state index in [1.807, 2.05) is 75.8 Å². The quantitative estimate of drug-likeness (QED) is 0.107. The first-order valence-electron chi connectivity index (χ1n) is 24.4. The first kappa shape index (κ1) is 47.3. The number of furan rings is 2. The number of benzene rings is 4. The normalized spacial score (nSPS) is 13.3. The number of morpholine rings is 1. The molecule has 2 atom stereocenters. The number of ether oxygens (including phenoxy) is 1. The van der Waals surface area contributed by atoms with Crippen molar-refractivity contribution in [2.75, 3.05) is 54.2 Å². The molecule has 1 unspecified atom stereocenters. The minimum atomic E-state index is 0.0521. The fraction of sp³-hybridized carbons (Fsp3) is 0.220. The third kappa shape index (κ3) is 10.7. The lowest BCUT2D eigenvalue weighted by molar-refractivity contribution is 0.122. The van der Waals surface area contributed by atoms with Gasteiger partial charge in [0.25, 0.3) is 0 Å². The summed E-state index contributed by atoms with van der Waals surface area (Å²) in [4.78, 5) is 30.1. The van der Waals surface area contributed by atoms with Gasteiger partial charge in [-0.1, -0.05) is 36.4 Å². The zero-order chi connectivity index (χ0) is 49.7. The summed E-state index contributed by atoms with van der Waals surface area (Å²) in [6.07, 6.45) is 7.42. The molecule has 1 aliphatic rings. The lowest BCUT2D eigenvalue weighted by atomic mass is 10.0. The maximum atomic E-state index is 5.61. The summed E-state index contributed by atoms with van der Waals surface area (Å²) in [5.74, 6) is 4.89. The summed E-state index contributed by atoms with van der Waals surface area (Å²) in [5, 5.41) is 12.4. The van der Waals surface area contributed by atoms with Crippen LogP contribution in [0.5, 0.6) is 0 Å². The fourth-order valence-corrected chi connectivity index (χ4v) is 9.04. The minimum Gasteiger partial charge on any atom is -0.464 e. The van der Waals surface area contributed by atoms with Crippen molar-refractivity contribution < 1.29 is 13.6 Å². The van der Waals surface area contributed by atoms with Gasteiger partial charge in [0.15, 0.2) is 0 Å². The number of hydrogen-bond acceptors (Lipinski definition) is 13. The highest BCUT2D eigenvalue weighted by Crippen LogP contribution is 2.32. The van der Waals surface area contributed by atoms with E-state index >= 15 is 0 Å². The molecule has 3 N–H and O–H groups in total. The highest BCUT2D eigenvalue weighted by molar-refractivity contribution is 5.87. The predicted octanol–water partition coefficient (Wildman–Crippen LogP) is 13.4. The largest absolute Gasteiger partial charge is 0.464 e. The summed E-state index contributed by atoms with van der Waals surface area (Å²) in [6, 6.07) is 41.8. The van der Waals surface area contributed by atoms with Crippen LogP contribution in [-0.4, -0.2) is 63.3 Å². The Morgan fingerprint density at radius 3 is 1.47 bits per heavy atom. The van der Waals surface area contributed by atoms with Crippen LogP contribution < -0.4 is 20.9 Å². The summed E-state index contributed by atoms with van der Waals surface area (Å²) >= 11 is 0. The van der Waals surface area contributed by atoms with E-state index in [-0.39, 0.29) is 12.1 Å². The number of rotatable bonds is 12. The zero-order valence-corrected chi connectivity index (χ0v) is 41.7. The molecule has 1 aliphatic heterocycles. The van der Waals surface area contributed by atoms with Crippen molar-refractivity contribution in [1.29, 1.82) is 0 Å². The van der Waals surface area contributed by atoms with Crippen molar-refractivity contribution in [3.05, 3.63) is 180 Å². The molecule has 362 valence electrons. The summed E-state index contributed by atoms with van der Waals surface area (Å²) in [5.41, 5.74) is 14.6. The Bertz CT molecular complexity index is 3490. The third-order valence-corrected chi connectivity index (χ3v) is 13.1. The molecule has 10 aromatic rings. The lowest BCUT2D eigenvalue weighted by Crippen LogP contribution is -2.36. The predicted molar refractivity (Wildman–Crippen MR) is 289 cm³/mol. The molecule has 72 heavy (non-hydrogen) atoms. The molecule has 4 aromatic carbocycles. The molecule has 0 amide bonds. The molecular formula is C59H58N10O3.